The number of carbonyl (C=O) groups is 1. The van der Waals surface area contributed by atoms with Gasteiger partial charge in [0.15, 0.2) is 5.69 Å². The number of nitrogens with one attached hydrogen (secondary N) is 1. The number of amides is 1. The van der Waals surface area contributed by atoms with E-state index in [2.05, 4.69) is 15.3 Å². The predicted molar refractivity (Wildman–Crippen MR) is 125 cm³/mol. The second kappa shape index (κ2) is 10.3. The Kier molecular flexibility index (Phi) is 7.19. The highest BCUT2D eigenvalue weighted by Gasteiger charge is 2.18. The number of sulfonamides is 1. The minimum Gasteiger partial charge on any atom is -0.379 e. The Labute approximate surface area is 193 Å². The van der Waals surface area contributed by atoms with Crippen molar-refractivity contribution in [2.45, 2.75) is 11.3 Å². The zero-order valence-electron chi connectivity index (χ0n) is 18.2. The average Bonchev–Trinajstić information content (AvgIpc) is 3.28. The first-order chi connectivity index (χ1) is 15.9. The van der Waals surface area contributed by atoms with Crippen molar-refractivity contribution in [3.63, 3.8) is 0 Å². The van der Waals surface area contributed by atoms with E-state index in [1.165, 1.54) is 12.1 Å². The third-order valence-corrected chi connectivity index (χ3v) is 6.39. The summed E-state index contributed by atoms with van der Waals surface area (Å²) in [5, 5.41) is 12.7. The summed E-state index contributed by atoms with van der Waals surface area (Å²) in [6.45, 7) is 4.80. The molecule has 0 bridgehead atoms. The maximum absolute atomic E-state index is 12.8. The molecular weight excluding hydrogens is 442 g/mol. The van der Waals surface area contributed by atoms with E-state index in [0.29, 0.717) is 12.2 Å². The molecule has 10 heteroatoms. The molecule has 0 aliphatic carbocycles. The lowest BCUT2D eigenvalue weighted by molar-refractivity contribution is 0.0374. The van der Waals surface area contributed by atoms with Gasteiger partial charge in [0, 0.05) is 25.2 Å². The molecule has 1 aromatic heterocycles. The van der Waals surface area contributed by atoms with Gasteiger partial charge in [-0.3, -0.25) is 9.69 Å². The number of nitrogens with two attached hydrogens (primary N) is 1. The van der Waals surface area contributed by atoms with Crippen LogP contribution in [0.1, 0.15) is 16.9 Å². The first-order valence-corrected chi connectivity index (χ1v) is 12.3. The number of carbonyl (C=O) groups excluding carboxylic acids is 1. The minimum atomic E-state index is -3.80. The number of benzene rings is 2. The third-order valence-electron chi connectivity index (χ3n) is 5.46. The lowest BCUT2D eigenvalue weighted by atomic mass is 10.1. The number of ether oxygens (including phenoxy) is 1. The Hall–Kier alpha value is -3.05. The van der Waals surface area contributed by atoms with Crippen molar-refractivity contribution in [2.24, 2.45) is 5.14 Å². The van der Waals surface area contributed by atoms with Gasteiger partial charge in [0.25, 0.3) is 5.91 Å². The molecule has 1 saturated heterocycles. The van der Waals surface area contributed by atoms with Crippen LogP contribution in [-0.4, -0.2) is 68.4 Å². The quantitative estimate of drug-likeness (QED) is 0.484. The molecule has 0 radical (unpaired) electrons. The average molecular weight is 470 g/mol. The molecular formula is C23H27N5O4S. The number of hydrogen-bond donors (Lipinski definition) is 2. The summed E-state index contributed by atoms with van der Waals surface area (Å²) in [5.74, 6) is -0.255. The number of rotatable bonds is 8. The summed E-state index contributed by atoms with van der Waals surface area (Å²) >= 11 is 0. The van der Waals surface area contributed by atoms with Crippen LogP contribution < -0.4 is 10.5 Å². The third kappa shape index (κ3) is 5.85. The van der Waals surface area contributed by atoms with E-state index in [9.17, 15) is 13.2 Å². The second-order valence-electron chi connectivity index (χ2n) is 7.80. The molecule has 2 heterocycles. The number of aromatic nitrogens is 2. The fraction of sp³-hybridized carbons (Fsp3) is 0.304. The Balaban J connectivity index is 1.52. The van der Waals surface area contributed by atoms with Gasteiger partial charge in [0.2, 0.25) is 10.0 Å². The Morgan fingerprint density at radius 3 is 2.42 bits per heavy atom. The SMILES string of the molecule is NS(=O)(=O)c1ccc(-n2nc(C(=O)NCCCN3CCOCC3)cc2-c2ccccc2)cc1. The van der Waals surface area contributed by atoms with Crippen molar-refractivity contribution in [3.8, 4) is 16.9 Å². The monoisotopic (exact) mass is 469 g/mol. The van der Waals surface area contributed by atoms with Gasteiger partial charge in [-0.05, 0) is 43.3 Å². The van der Waals surface area contributed by atoms with Crippen LogP contribution in [0.25, 0.3) is 16.9 Å². The fourth-order valence-corrected chi connectivity index (χ4v) is 4.22. The topological polar surface area (TPSA) is 120 Å². The predicted octanol–water partition coefficient (Wildman–Crippen LogP) is 1.64. The summed E-state index contributed by atoms with van der Waals surface area (Å²) in [5.41, 5.74) is 2.51. The molecule has 33 heavy (non-hydrogen) atoms. The van der Waals surface area contributed by atoms with Crippen molar-refractivity contribution in [1.29, 1.82) is 0 Å². The van der Waals surface area contributed by atoms with Crippen molar-refractivity contribution in [3.05, 3.63) is 66.4 Å². The van der Waals surface area contributed by atoms with Crippen LogP contribution in [-0.2, 0) is 14.8 Å². The molecule has 1 amide bonds. The molecule has 1 fully saturated rings. The molecule has 0 saturated carbocycles. The zero-order valence-corrected chi connectivity index (χ0v) is 19.0. The van der Waals surface area contributed by atoms with E-state index in [-0.39, 0.29) is 16.5 Å². The summed E-state index contributed by atoms with van der Waals surface area (Å²) in [7, 11) is -3.80. The van der Waals surface area contributed by atoms with E-state index in [4.69, 9.17) is 9.88 Å². The summed E-state index contributed by atoms with van der Waals surface area (Å²) < 4.78 is 30.1. The summed E-state index contributed by atoms with van der Waals surface area (Å²) in [6.07, 6.45) is 0.840. The zero-order chi connectivity index (χ0) is 23.3. The van der Waals surface area contributed by atoms with Crippen molar-refractivity contribution >= 4 is 15.9 Å². The maximum Gasteiger partial charge on any atom is 0.271 e. The van der Waals surface area contributed by atoms with Crippen LogP contribution in [0.2, 0.25) is 0 Å². The number of primary sulfonamides is 1. The highest BCUT2D eigenvalue weighted by Crippen LogP contribution is 2.24. The van der Waals surface area contributed by atoms with Crippen LogP contribution in [0.4, 0.5) is 0 Å². The molecule has 0 spiro atoms. The van der Waals surface area contributed by atoms with E-state index < -0.39 is 10.0 Å². The minimum absolute atomic E-state index is 0.0119. The van der Waals surface area contributed by atoms with E-state index in [0.717, 1.165) is 50.5 Å². The van der Waals surface area contributed by atoms with Gasteiger partial charge in [0.05, 0.1) is 29.5 Å². The van der Waals surface area contributed by atoms with Gasteiger partial charge in [0.1, 0.15) is 0 Å². The molecule has 0 atom stereocenters. The molecule has 0 unspecified atom stereocenters. The molecule has 174 valence electrons. The van der Waals surface area contributed by atoms with Crippen LogP contribution >= 0.6 is 0 Å². The highest BCUT2D eigenvalue weighted by molar-refractivity contribution is 7.89. The number of morpholine rings is 1. The smallest absolute Gasteiger partial charge is 0.271 e. The molecule has 4 rings (SSSR count). The number of hydrogen-bond acceptors (Lipinski definition) is 6. The molecule has 9 nitrogen and oxygen atoms in total. The Morgan fingerprint density at radius 1 is 1.06 bits per heavy atom. The standard InChI is InChI=1S/C23H27N5O4S/c24-33(30,31)20-9-7-19(8-10-20)28-22(18-5-2-1-3-6-18)17-21(26-28)23(29)25-11-4-12-27-13-15-32-16-14-27/h1-3,5-10,17H,4,11-16H2,(H,25,29)(H2,24,30,31). The van der Waals surface area contributed by atoms with E-state index >= 15 is 0 Å². The van der Waals surface area contributed by atoms with Crippen LogP contribution in [0.15, 0.2) is 65.6 Å². The Morgan fingerprint density at radius 2 is 1.76 bits per heavy atom. The first kappa shape index (κ1) is 23.1. The molecule has 1 aliphatic heterocycles. The van der Waals surface area contributed by atoms with Crippen LogP contribution in [0.5, 0.6) is 0 Å². The van der Waals surface area contributed by atoms with Crippen LogP contribution in [0, 0.1) is 0 Å². The van der Waals surface area contributed by atoms with Crippen LogP contribution in [0.3, 0.4) is 0 Å². The van der Waals surface area contributed by atoms with Crippen molar-refractivity contribution in [2.75, 3.05) is 39.4 Å². The van der Waals surface area contributed by atoms with Crippen molar-refractivity contribution < 1.29 is 17.9 Å². The first-order valence-electron chi connectivity index (χ1n) is 10.8. The van der Waals surface area contributed by atoms with Crippen molar-refractivity contribution in [1.82, 2.24) is 20.0 Å². The summed E-state index contributed by atoms with van der Waals surface area (Å²) in [4.78, 5) is 15.1. The second-order valence-corrected chi connectivity index (χ2v) is 9.36. The molecule has 1 aliphatic rings. The maximum atomic E-state index is 12.8. The molecule has 3 N–H and O–H groups in total. The Bertz CT molecular complexity index is 1190. The van der Waals surface area contributed by atoms with E-state index in [1.54, 1.807) is 22.9 Å². The lowest BCUT2D eigenvalue weighted by Gasteiger charge is -2.26. The molecule has 3 aromatic rings. The van der Waals surface area contributed by atoms with Gasteiger partial charge >= 0.3 is 0 Å². The van der Waals surface area contributed by atoms with Gasteiger partial charge in [-0.25, -0.2) is 18.2 Å². The highest BCUT2D eigenvalue weighted by atomic mass is 32.2. The summed E-state index contributed by atoms with van der Waals surface area (Å²) in [6, 6.07) is 17.4. The largest absolute Gasteiger partial charge is 0.379 e. The van der Waals surface area contributed by atoms with Gasteiger partial charge in [-0.1, -0.05) is 30.3 Å². The number of nitrogens with zero attached hydrogens (tertiary/aromatic N) is 3. The van der Waals surface area contributed by atoms with E-state index in [1.807, 2.05) is 30.3 Å². The lowest BCUT2D eigenvalue weighted by Crippen LogP contribution is -2.38. The fourth-order valence-electron chi connectivity index (χ4n) is 3.70. The molecule has 2 aromatic carbocycles. The normalized spacial score (nSPS) is 14.8. The van der Waals surface area contributed by atoms with Gasteiger partial charge in [-0.15, -0.1) is 0 Å². The van der Waals surface area contributed by atoms with Gasteiger partial charge in [-0.2, -0.15) is 5.10 Å². The van der Waals surface area contributed by atoms with Gasteiger partial charge < -0.3 is 10.1 Å².